The van der Waals surface area contributed by atoms with Crippen LogP contribution >= 0.6 is 0 Å². The van der Waals surface area contributed by atoms with Crippen LogP contribution < -0.4 is 4.90 Å². The summed E-state index contributed by atoms with van der Waals surface area (Å²) >= 11 is 0. The summed E-state index contributed by atoms with van der Waals surface area (Å²) in [4.78, 5) is 5.84. The fraction of sp³-hybridized carbons (Fsp3) is 0.0769. The molecular formula is C26H22N2. The third-order valence-electron chi connectivity index (χ3n) is 5.33. The Balaban J connectivity index is 1.73. The predicted molar refractivity (Wildman–Crippen MR) is 120 cm³/mol. The predicted octanol–water partition coefficient (Wildman–Crippen LogP) is 7.41. The summed E-state index contributed by atoms with van der Waals surface area (Å²) in [5, 5.41) is 2.50. The lowest BCUT2D eigenvalue weighted by Gasteiger charge is -2.26. The van der Waals surface area contributed by atoms with Gasteiger partial charge in [-0.2, -0.15) is 0 Å². The molecule has 1 heterocycles. The molecule has 0 aliphatic rings. The van der Waals surface area contributed by atoms with E-state index in [2.05, 4.69) is 115 Å². The Kier molecular flexibility index (Phi) is 3.91. The molecule has 0 aliphatic heterocycles. The number of aromatic nitrogens is 1. The summed E-state index contributed by atoms with van der Waals surface area (Å²) < 4.78 is 0. The fourth-order valence-corrected chi connectivity index (χ4v) is 3.81. The Morgan fingerprint density at radius 2 is 1.07 bits per heavy atom. The standard InChI is InChI=1S/C26H22N2/c1-18-7-11-20(12-8-18)28(21-13-9-19(2)10-14-21)22-15-16-26-24(17-22)23-5-3-4-6-25(23)27-26/h3-17,27H,1-2H3. The van der Waals surface area contributed by atoms with E-state index in [4.69, 9.17) is 0 Å². The first kappa shape index (κ1) is 16.6. The van der Waals surface area contributed by atoms with Crippen molar-refractivity contribution in [2.24, 2.45) is 0 Å². The van der Waals surface area contributed by atoms with Crippen molar-refractivity contribution in [2.45, 2.75) is 13.8 Å². The minimum absolute atomic E-state index is 1.16. The van der Waals surface area contributed by atoms with Crippen molar-refractivity contribution in [1.82, 2.24) is 4.98 Å². The van der Waals surface area contributed by atoms with Gasteiger partial charge in [0.25, 0.3) is 0 Å². The second-order valence-electron chi connectivity index (χ2n) is 7.41. The van der Waals surface area contributed by atoms with Crippen LogP contribution in [0.25, 0.3) is 21.8 Å². The maximum Gasteiger partial charge on any atom is 0.0469 e. The van der Waals surface area contributed by atoms with Gasteiger partial charge < -0.3 is 9.88 Å². The van der Waals surface area contributed by atoms with Gasteiger partial charge in [-0.25, -0.2) is 0 Å². The molecule has 136 valence electrons. The highest BCUT2D eigenvalue weighted by Crippen LogP contribution is 2.37. The van der Waals surface area contributed by atoms with Crippen molar-refractivity contribution < 1.29 is 0 Å². The molecule has 0 bridgehead atoms. The highest BCUT2D eigenvalue weighted by Gasteiger charge is 2.14. The van der Waals surface area contributed by atoms with Crippen LogP contribution in [0.3, 0.4) is 0 Å². The minimum Gasteiger partial charge on any atom is -0.355 e. The molecule has 0 saturated heterocycles. The second kappa shape index (κ2) is 6.58. The van der Waals surface area contributed by atoms with Crippen LogP contribution in [0, 0.1) is 13.8 Å². The Morgan fingerprint density at radius 1 is 0.536 bits per heavy atom. The van der Waals surface area contributed by atoms with Gasteiger partial charge in [0.1, 0.15) is 0 Å². The smallest absolute Gasteiger partial charge is 0.0469 e. The molecule has 0 amide bonds. The zero-order valence-corrected chi connectivity index (χ0v) is 16.1. The summed E-state index contributed by atoms with van der Waals surface area (Å²) in [5.41, 5.74) is 8.34. The molecule has 0 saturated carbocycles. The monoisotopic (exact) mass is 362 g/mol. The molecule has 0 aliphatic carbocycles. The molecule has 4 aromatic carbocycles. The first-order chi connectivity index (χ1) is 13.7. The van der Waals surface area contributed by atoms with Gasteiger partial charge in [-0.1, -0.05) is 53.6 Å². The van der Waals surface area contributed by atoms with Crippen LogP contribution in [0.2, 0.25) is 0 Å². The number of aromatic amines is 1. The zero-order valence-electron chi connectivity index (χ0n) is 16.1. The molecule has 2 heteroatoms. The summed E-state index contributed by atoms with van der Waals surface area (Å²) in [5.74, 6) is 0. The number of aryl methyl sites for hydroxylation is 2. The molecule has 1 aromatic heterocycles. The number of hydrogen-bond acceptors (Lipinski definition) is 1. The van der Waals surface area contributed by atoms with Crippen molar-refractivity contribution in [3.05, 3.63) is 102 Å². The highest BCUT2D eigenvalue weighted by atomic mass is 15.1. The molecule has 0 radical (unpaired) electrons. The normalized spacial score (nSPS) is 11.2. The Labute approximate surface area is 165 Å². The SMILES string of the molecule is Cc1ccc(N(c2ccc(C)cc2)c2ccc3[nH]c4ccccc4c3c2)cc1. The van der Waals surface area contributed by atoms with E-state index in [0.717, 1.165) is 22.6 Å². The molecule has 5 rings (SSSR count). The van der Waals surface area contributed by atoms with E-state index in [0.29, 0.717) is 0 Å². The average molecular weight is 362 g/mol. The summed E-state index contributed by atoms with van der Waals surface area (Å²) in [6, 6.07) is 32.6. The molecule has 1 N–H and O–H groups in total. The molecule has 0 unspecified atom stereocenters. The second-order valence-corrected chi connectivity index (χ2v) is 7.41. The first-order valence-corrected chi connectivity index (χ1v) is 9.63. The number of hydrogen-bond donors (Lipinski definition) is 1. The van der Waals surface area contributed by atoms with Crippen molar-refractivity contribution >= 4 is 38.9 Å². The van der Waals surface area contributed by atoms with Gasteiger partial charge in [-0.05, 0) is 62.4 Å². The van der Waals surface area contributed by atoms with Gasteiger partial charge in [0.05, 0.1) is 0 Å². The van der Waals surface area contributed by atoms with Gasteiger partial charge in [0.15, 0.2) is 0 Å². The lowest BCUT2D eigenvalue weighted by Crippen LogP contribution is -2.09. The minimum atomic E-state index is 1.16. The van der Waals surface area contributed by atoms with Crippen molar-refractivity contribution in [3.63, 3.8) is 0 Å². The number of benzene rings is 4. The van der Waals surface area contributed by atoms with Gasteiger partial charge >= 0.3 is 0 Å². The van der Waals surface area contributed by atoms with E-state index in [1.165, 1.54) is 27.4 Å². The molecule has 0 fully saturated rings. The van der Waals surface area contributed by atoms with Gasteiger partial charge in [-0.15, -0.1) is 0 Å². The third-order valence-corrected chi connectivity index (χ3v) is 5.33. The van der Waals surface area contributed by atoms with Crippen LogP contribution in [0.15, 0.2) is 91.0 Å². The molecule has 0 spiro atoms. The Hall–Kier alpha value is -3.52. The summed E-state index contributed by atoms with van der Waals surface area (Å²) in [6.07, 6.45) is 0. The lowest BCUT2D eigenvalue weighted by atomic mass is 10.1. The fourth-order valence-electron chi connectivity index (χ4n) is 3.81. The number of anilines is 3. The molecule has 0 atom stereocenters. The van der Waals surface area contributed by atoms with Crippen LogP contribution in [-0.2, 0) is 0 Å². The van der Waals surface area contributed by atoms with Crippen LogP contribution in [0.5, 0.6) is 0 Å². The highest BCUT2D eigenvalue weighted by molar-refractivity contribution is 6.08. The van der Waals surface area contributed by atoms with Gasteiger partial charge in [-0.3, -0.25) is 0 Å². The van der Waals surface area contributed by atoms with Crippen molar-refractivity contribution in [1.29, 1.82) is 0 Å². The summed E-state index contributed by atoms with van der Waals surface area (Å²) in [6.45, 7) is 4.25. The van der Waals surface area contributed by atoms with E-state index in [1.54, 1.807) is 0 Å². The quantitative estimate of drug-likeness (QED) is 0.354. The van der Waals surface area contributed by atoms with E-state index in [-0.39, 0.29) is 0 Å². The van der Waals surface area contributed by atoms with E-state index >= 15 is 0 Å². The number of H-pyrrole nitrogens is 1. The lowest BCUT2D eigenvalue weighted by molar-refractivity contribution is 1.27. The van der Waals surface area contributed by atoms with Crippen LogP contribution in [0.1, 0.15) is 11.1 Å². The number of fused-ring (bicyclic) bond motifs is 3. The van der Waals surface area contributed by atoms with Crippen LogP contribution in [0.4, 0.5) is 17.1 Å². The van der Waals surface area contributed by atoms with E-state index in [9.17, 15) is 0 Å². The Morgan fingerprint density at radius 3 is 1.71 bits per heavy atom. The van der Waals surface area contributed by atoms with Gasteiger partial charge in [0, 0.05) is 38.9 Å². The number of rotatable bonds is 3. The molecule has 5 aromatic rings. The first-order valence-electron chi connectivity index (χ1n) is 9.63. The third kappa shape index (κ3) is 2.84. The number of para-hydroxylation sites is 1. The maximum absolute atomic E-state index is 3.52. The van der Waals surface area contributed by atoms with Crippen molar-refractivity contribution in [3.8, 4) is 0 Å². The molecule has 2 nitrogen and oxygen atoms in total. The largest absolute Gasteiger partial charge is 0.355 e. The van der Waals surface area contributed by atoms with Crippen molar-refractivity contribution in [2.75, 3.05) is 4.90 Å². The van der Waals surface area contributed by atoms with E-state index in [1.807, 2.05) is 0 Å². The topological polar surface area (TPSA) is 19.0 Å². The molecule has 28 heavy (non-hydrogen) atoms. The van der Waals surface area contributed by atoms with E-state index < -0.39 is 0 Å². The number of nitrogens with zero attached hydrogens (tertiary/aromatic N) is 1. The number of nitrogens with one attached hydrogen (secondary N) is 1. The van der Waals surface area contributed by atoms with Crippen LogP contribution in [-0.4, -0.2) is 4.98 Å². The maximum atomic E-state index is 3.52. The average Bonchev–Trinajstić information content (AvgIpc) is 3.09. The Bertz CT molecular complexity index is 1220. The van der Waals surface area contributed by atoms with Gasteiger partial charge in [0.2, 0.25) is 0 Å². The molecular weight excluding hydrogens is 340 g/mol. The summed E-state index contributed by atoms with van der Waals surface area (Å²) in [7, 11) is 0. The zero-order chi connectivity index (χ0) is 19.1.